The standard InChI is InChI=1S/C20H29N3O2/c1-13(2)10-21-12-17-19(22-11-14(3)4)16-8-7-15(23(5)6)9-18(16)25-20(17)24/h7-9,12-14,22H,10-11H2,1-6H3. The third kappa shape index (κ3) is 4.84. The lowest BCUT2D eigenvalue weighted by Gasteiger charge is -2.16. The van der Waals surface area contributed by atoms with Gasteiger partial charge in [-0.3, -0.25) is 4.99 Å². The predicted molar refractivity (Wildman–Crippen MR) is 107 cm³/mol. The van der Waals surface area contributed by atoms with Crippen LogP contribution in [0.3, 0.4) is 0 Å². The van der Waals surface area contributed by atoms with E-state index < -0.39 is 0 Å². The molecular weight excluding hydrogens is 314 g/mol. The summed E-state index contributed by atoms with van der Waals surface area (Å²) in [7, 11) is 3.92. The Morgan fingerprint density at radius 2 is 1.92 bits per heavy atom. The zero-order chi connectivity index (χ0) is 18.6. The van der Waals surface area contributed by atoms with Crippen molar-refractivity contribution in [3.05, 3.63) is 34.2 Å². The Balaban J connectivity index is 2.59. The molecule has 0 aliphatic carbocycles. The van der Waals surface area contributed by atoms with E-state index >= 15 is 0 Å². The second kappa shape index (κ2) is 8.19. The molecule has 0 radical (unpaired) electrons. The van der Waals surface area contributed by atoms with Gasteiger partial charge in [-0.15, -0.1) is 0 Å². The van der Waals surface area contributed by atoms with Crippen molar-refractivity contribution in [2.45, 2.75) is 27.7 Å². The number of rotatable bonds is 7. The third-order valence-corrected chi connectivity index (χ3v) is 3.82. The summed E-state index contributed by atoms with van der Waals surface area (Å²) in [6.07, 6.45) is 1.65. The molecule has 5 nitrogen and oxygen atoms in total. The highest BCUT2D eigenvalue weighted by Gasteiger charge is 2.14. The zero-order valence-electron chi connectivity index (χ0n) is 16.1. The van der Waals surface area contributed by atoms with Gasteiger partial charge in [0, 0.05) is 50.5 Å². The van der Waals surface area contributed by atoms with Crippen LogP contribution in [0.5, 0.6) is 0 Å². The van der Waals surface area contributed by atoms with E-state index in [2.05, 4.69) is 38.0 Å². The van der Waals surface area contributed by atoms with Crippen LogP contribution in [-0.2, 0) is 0 Å². The molecule has 0 unspecified atom stereocenters. The molecule has 1 heterocycles. The van der Waals surface area contributed by atoms with Gasteiger partial charge in [-0.05, 0) is 24.0 Å². The Hall–Kier alpha value is -2.30. The summed E-state index contributed by atoms with van der Waals surface area (Å²) in [6.45, 7) is 9.93. The number of hydrogen-bond acceptors (Lipinski definition) is 5. The molecule has 0 spiro atoms. The van der Waals surface area contributed by atoms with Crippen molar-refractivity contribution in [1.82, 2.24) is 0 Å². The van der Waals surface area contributed by atoms with Gasteiger partial charge in [0.05, 0.1) is 5.69 Å². The summed E-state index contributed by atoms with van der Waals surface area (Å²) < 4.78 is 5.58. The van der Waals surface area contributed by atoms with Gasteiger partial charge in [0.15, 0.2) is 0 Å². The summed E-state index contributed by atoms with van der Waals surface area (Å²) in [4.78, 5) is 18.9. The van der Waals surface area contributed by atoms with Gasteiger partial charge >= 0.3 is 5.63 Å². The van der Waals surface area contributed by atoms with E-state index in [1.807, 2.05) is 37.2 Å². The summed E-state index contributed by atoms with van der Waals surface area (Å²) in [5.74, 6) is 0.905. The van der Waals surface area contributed by atoms with Crippen molar-refractivity contribution in [3.8, 4) is 0 Å². The molecular formula is C20H29N3O2. The highest BCUT2D eigenvalue weighted by molar-refractivity contribution is 6.01. The SMILES string of the molecule is CC(C)CN=Cc1c(NCC(C)C)c2ccc(N(C)C)cc2oc1=O. The fourth-order valence-electron chi connectivity index (χ4n) is 2.45. The van der Waals surface area contributed by atoms with Crippen LogP contribution in [0.25, 0.3) is 11.0 Å². The van der Waals surface area contributed by atoms with E-state index in [1.165, 1.54) is 0 Å². The number of hydrogen-bond donors (Lipinski definition) is 1. The molecule has 25 heavy (non-hydrogen) atoms. The Bertz CT molecular complexity index is 804. The molecule has 1 aromatic carbocycles. The van der Waals surface area contributed by atoms with Crippen molar-refractivity contribution in [3.63, 3.8) is 0 Å². The molecule has 2 aromatic rings. The van der Waals surface area contributed by atoms with Crippen LogP contribution >= 0.6 is 0 Å². The number of nitrogens with zero attached hydrogens (tertiary/aromatic N) is 2. The maximum absolute atomic E-state index is 12.5. The Labute approximate surface area is 149 Å². The van der Waals surface area contributed by atoms with E-state index in [0.29, 0.717) is 29.5 Å². The lowest BCUT2D eigenvalue weighted by atomic mass is 10.1. The highest BCUT2D eigenvalue weighted by atomic mass is 16.4. The highest BCUT2D eigenvalue weighted by Crippen LogP contribution is 2.28. The summed E-state index contributed by atoms with van der Waals surface area (Å²) in [6, 6.07) is 5.92. The molecule has 0 bridgehead atoms. The molecule has 1 aromatic heterocycles. The van der Waals surface area contributed by atoms with Gasteiger partial charge in [-0.1, -0.05) is 27.7 Å². The first kappa shape index (κ1) is 19.0. The van der Waals surface area contributed by atoms with Crippen LogP contribution in [0.2, 0.25) is 0 Å². The largest absolute Gasteiger partial charge is 0.422 e. The second-order valence-corrected chi connectivity index (χ2v) is 7.42. The first-order valence-electron chi connectivity index (χ1n) is 8.81. The van der Waals surface area contributed by atoms with Crippen LogP contribution in [-0.4, -0.2) is 33.4 Å². The molecule has 0 amide bonds. The molecule has 136 valence electrons. The Kier molecular flexibility index (Phi) is 6.23. The van der Waals surface area contributed by atoms with Crippen LogP contribution in [0.15, 0.2) is 32.4 Å². The monoisotopic (exact) mass is 343 g/mol. The Morgan fingerprint density at radius 3 is 2.52 bits per heavy atom. The van der Waals surface area contributed by atoms with Gasteiger partial charge in [0.2, 0.25) is 0 Å². The first-order chi connectivity index (χ1) is 11.8. The number of anilines is 2. The van der Waals surface area contributed by atoms with Gasteiger partial charge in [-0.2, -0.15) is 0 Å². The van der Waals surface area contributed by atoms with E-state index in [-0.39, 0.29) is 5.63 Å². The third-order valence-electron chi connectivity index (χ3n) is 3.82. The first-order valence-corrected chi connectivity index (χ1v) is 8.81. The average Bonchev–Trinajstić information content (AvgIpc) is 2.52. The fourth-order valence-corrected chi connectivity index (χ4v) is 2.45. The molecule has 0 saturated carbocycles. The maximum Gasteiger partial charge on any atom is 0.347 e. The summed E-state index contributed by atoms with van der Waals surface area (Å²) in [5.41, 5.74) is 2.52. The Morgan fingerprint density at radius 1 is 1.20 bits per heavy atom. The molecule has 5 heteroatoms. The van der Waals surface area contributed by atoms with Gasteiger partial charge in [0.1, 0.15) is 11.1 Å². The quantitative estimate of drug-likeness (QED) is 0.610. The molecule has 0 fully saturated rings. The minimum atomic E-state index is -0.359. The normalized spacial score (nSPS) is 11.8. The van der Waals surface area contributed by atoms with Crippen LogP contribution in [0, 0.1) is 11.8 Å². The van der Waals surface area contributed by atoms with Crippen molar-refractivity contribution in [1.29, 1.82) is 0 Å². The molecule has 1 N–H and O–H groups in total. The number of aliphatic imine (C=N–C) groups is 1. The van der Waals surface area contributed by atoms with E-state index in [1.54, 1.807) is 6.21 Å². The van der Waals surface area contributed by atoms with Crippen LogP contribution < -0.4 is 15.8 Å². The summed E-state index contributed by atoms with van der Waals surface area (Å²) in [5, 5.41) is 4.32. The zero-order valence-corrected chi connectivity index (χ0v) is 16.1. The van der Waals surface area contributed by atoms with Crippen molar-refractivity contribution in [2.75, 3.05) is 37.4 Å². The molecule has 2 rings (SSSR count). The smallest absolute Gasteiger partial charge is 0.347 e. The van der Waals surface area contributed by atoms with E-state index in [4.69, 9.17) is 4.42 Å². The van der Waals surface area contributed by atoms with Crippen molar-refractivity contribution >= 4 is 28.6 Å². The second-order valence-electron chi connectivity index (χ2n) is 7.42. The molecule has 0 atom stereocenters. The molecule has 0 saturated heterocycles. The van der Waals surface area contributed by atoms with Crippen molar-refractivity contribution in [2.24, 2.45) is 16.8 Å². The van der Waals surface area contributed by atoms with E-state index in [0.717, 1.165) is 23.3 Å². The topological polar surface area (TPSA) is 57.8 Å². The minimum Gasteiger partial charge on any atom is -0.422 e. The maximum atomic E-state index is 12.5. The fraction of sp³-hybridized carbons (Fsp3) is 0.500. The van der Waals surface area contributed by atoms with Gasteiger partial charge < -0.3 is 14.6 Å². The summed E-state index contributed by atoms with van der Waals surface area (Å²) >= 11 is 0. The predicted octanol–water partition coefficient (Wildman–Crippen LogP) is 4.00. The lowest BCUT2D eigenvalue weighted by molar-refractivity contribution is 0.559. The molecule has 0 aliphatic heterocycles. The lowest BCUT2D eigenvalue weighted by Crippen LogP contribution is -2.16. The minimum absolute atomic E-state index is 0.359. The average molecular weight is 343 g/mol. The van der Waals surface area contributed by atoms with Gasteiger partial charge in [-0.25, -0.2) is 4.79 Å². The number of fused-ring (bicyclic) bond motifs is 1. The van der Waals surface area contributed by atoms with Crippen LogP contribution in [0.1, 0.15) is 33.3 Å². The molecule has 0 aliphatic rings. The van der Waals surface area contributed by atoms with E-state index in [9.17, 15) is 4.79 Å². The van der Waals surface area contributed by atoms with Crippen molar-refractivity contribution < 1.29 is 4.42 Å². The number of nitrogens with one attached hydrogen (secondary N) is 1. The van der Waals surface area contributed by atoms with Crippen LogP contribution in [0.4, 0.5) is 11.4 Å². The number of benzene rings is 1. The van der Waals surface area contributed by atoms with Gasteiger partial charge in [0.25, 0.3) is 0 Å².